The predicted molar refractivity (Wildman–Crippen MR) is 40.0 cm³/mol. The number of methoxy groups -OCH3 is 1. The van der Waals surface area contributed by atoms with Crippen molar-refractivity contribution in [3.63, 3.8) is 0 Å². The summed E-state index contributed by atoms with van der Waals surface area (Å²) in [6.07, 6.45) is -0.268. The summed E-state index contributed by atoms with van der Waals surface area (Å²) in [6, 6.07) is 0. The van der Waals surface area contributed by atoms with E-state index in [2.05, 4.69) is 9.78 Å². The Labute approximate surface area is 67.3 Å². The zero-order chi connectivity index (χ0) is 8.69. The van der Waals surface area contributed by atoms with Crippen LogP contribution in [0.1, 0.15) is 13.8 Å². The minimum atomic E-state index is -0.349. The molecule has 0 heterocycles. The largest absolute Gasteiger partial charge is 0.379 e. The van der Waals surface area contributed by atoms with E-state index in [-0.39, 0.29) is 12.4 Å². The van der Waals surface area contributed by atoms with Gasteiger partial charge in [0.15, 0.2) is 6.29 Å². The molecule has 2 atom stereocenters. The van der Waals surface area contributed by atoms with Gasteiger partial charge in [-0.2, -0.15) is 0 Å². The molecule has 0 amide bonds. The van der Waals surface area contributed by atoms with Crippen LogP contribution in [0.25, 0.3) is 0 Å². The first-order valence-corrected chi connectivity index (χ1v) is 3.54. The molecule has 0 aromatic rings. The number of rotatable bonds is 6. The van der Waals surface area contributed by atoms with Gasteiger partial charge < -0.3 is 9.47 Å². The fourth-order valence-corrected chi connectivity index (χ4v) is 0.502. The van der Waals surface area contributed by atoms with Crippen LogP contribution >= 0.6 is 0 Å². The highest BCUT2D eigenvalue weighted by molar-refractivity contribution is 4.44. The van der Waals surface area contributed by atoms with Crippen molar-refractivity contribution in [1.29, 1.82) is 0 Å². The molecule has 0 aromatic carbocycles. The third kappa shape index (κ3) is 6.25. The van der Waals surface area contributed by atoms with Crippen LogP contribution < -0.4 is 0 Å². The smallest absolute Gasteiger partial charge is 0.188 e. The van der Waals surface area contributed by atoms with Crippen molar-refractivity contribution in [2.24, 2.45) is 0 Å². The molecule has 0 bridgehead atoms. The highest BCUT2D eigenvalue weighted by Crippen LogP contribution is 1.96. The highest BCUT2D eigenvalue weighted by Gasteiger charge is 2.05. The lowest BCUT2D eigenvalue weighted by atomic mass is 10.4. The molecule has 0 aromatic heterocycles. The van der Waals surface area contributed by atoms with Gasteiger partial charge in [0.1, 0.15) is 0 Å². The molecule has 0 radical (unpaired) electrons. The Bertz CT molecular complexity index is 86.5. The van der Waals surface area contributed by atoms with Crippen LogP contribution in [0.5, 0.6) is 0 Å². The third-order valence-electron chi connectivity index (χ3n) is 1.20. The summed E-state index contributed by atoms with van der Waals surface area (Å²) in [6.45, 7) is 4.17. The van der Waals surface area contributed by atoms with E-state index in [1.165, 1.54) is 7.11 Å². The number of hydrogen-bond acceptors (Lipinski definition) is 4. The van der Waals surface area contributed by atoms with Crippen molar-refractivity contribution in [1.82, 2.24) is 0 Å². The molecule has 0 aliphatic heterocycles. The van der Waals surface area contributed by atoms with Crippen LogP contribution in [0.3, 0.4) is 0 Å². The Morgan fingerprint density at radius 3 is 2.27 bits per heavy atom. The lowest BCUT2D eigenvalue weighted by Crippen LogP contribution is -2.20. The van der Waals surface area contributed by atoms with Crippen LogP contribution in [0, 0.1) is 0 Å². The van der Waals surface area contributed by atoms with Crippen LogP contribution in [0.4, 0.5) is 0 Å². The average molecular weight is 164 g/mol. The zero-order valence-electron chi connectivity index (χ0n) is 7.49. The van der Waals surface area contributed by atoms with Crippen LogP contribution in [-0.2, 0) is 19.2 Å². The van der Waals surface area contributed by atoms with Gasteiger partial charge >= 0.3 is 0 Å². The topological polar surface area (TPSA) is 36.9 Å². The molecule has 0 rings (SSSR count). The molecular weight excluding hydrogens is 148 g/mol. The molecule has 0 saturated carbocycles. The van der Waals surface area contributed by atoms with Crippen molar-refractivity contribution < 1.29 is 19.2 Å². The minimum absolute atomic E-state index is 0.0814. The van der Waals surface area contributed by atoms with Crippen molar-refractivity contribution in [3.8, 4) is 0 Å². The normalized spacial score (nSPS) is 16.4. The van der Waals surface area contributed by atoms with E-state index in [1.54, 1.807) is 14.0 Å². The summed E-state index contributed by atoms with van der Waals surface area (Å²) >= 11 is 0. The zero-order valence-corrected chi connectivity index (χ0v) is 7.49. The van der Waals surface area contributed by atoms with Gasteiger partial charge in [0.05, 0.1) is 19.8 Å². The highest BCUT2D eigenvalue weighted by atomic mass is 17.2. The van der Waals surface area contributed by atoms with E-state index in [9.17, 15) is 0 Å². The number of ether oxygens (including phenoxy) is 2. The van der Waals surface area contributed by atoms with Crippen molar-refractivity contribution in [2.45, 2.75) is 26.2 Å². The van der Waals surface area contributed by atoms with Crippen LogP contribution in [0.15, 0.2) is 0 Å². The van der Waals surface area contributed by atoms with Gasteiger partial charge in [-0.3, -0.25) is 0 Å². The summed E-state index contributed by atoms with van der Waals surface area (Å²) in [5.74, 6) is 0. The first-order valence-electron chi connectivity index (χ1n) is 3.54. The Kier molecular flexibility index (Phi) is 6.45. The van der Waals surface area contributed by atoms with Crippen LogP contribution in [-0.4, -0.2) is 33.2 Å². The van der Waals surface area contributed by atoms with E-state index in [1.807, 2.05) is 6.92 Å². The van der Waals surface area contributed by atoms with Crippen molar-refractivity contribution >= 4 is 0 Å². The lowest BCUT2D eigenvalue weighted by Gasteiger charge is -2.14. The molecule has 11 heavy (non-hydrogen) atoms. The second-order valence-corrected chi connectivity index (χ2v) is 2.21. The second kappa shape index (κ2) is 6.54. The maximum Gasteiger partial charge on any atom is 0.188 e. The monoisotopic (exact) mass is 164 g/mol. The molecule has 4 heteroatoms. The van der Waals surface area contributed by atoms with E-state index >= 15 is 0 Å². The molecule has 0 saturated heterocycles. The fraction of sp³-hybridized carbons (Fsp3) is 1.00. The Morgan fingerprint density at radius 1 is 1.18 bits per heavy atom. The van der Waals surface area contributed by atoms with E-state index in [0.717, 1.165) is 0 Å². The Hall–Kier alpha value is -0.160. The van der Waals surface area contributed by atoms with Crippen molar-refractivity contribution in [3.05, 3.63) is 0 Å². The molecule has 68 valence electrons. The maximum atomic E-state index is 5.16. The summed E-state index contributed by atoms with van der Waals surface area (Å²) in [5, 5.41) is 0. The lowest BCUT2D eigenvalue weighted by molar-refractivity contribution is -0.360. The quantitative estimate of drug-likeness (QED) is 0.333. The molecule has 4 nitrogen and oxygen atoms in total. The van der Waals surface area contributed by atoms with Gasteiger partial charge in [0, 0.05) is 7.11 Å². The Morgan fingerprint density at radius 2 is 1.82 bits per heavy atom. The van der Waals surface area contributed by atoms with E-state index in [4.69, 9.17) is 9.47 Å². The molecule has 2 unspecified atom stereocenters. The summed E-state index contributed by atoms with van der Waals surface area (Å²) in [7, 11) is 3.08. The average Bonchev–Trinajstić information content (AvgIpc) is 2.01. The van der Waals surface area contributed by atoms with Gasteiger partial charge in [0.2, 0.25) is 0 Å². The summed E-state index contributed by atoms with van der Waals surface area (Å²) in [4.78, 5) is 9.06. The fourth-order valence-electron chi connectivity index (χ4n) is 0.502. The summed E-state index contributed by atoms with van der Waals surface area (Å²) in [5.41, 5.74) is 0. The van der Waals surface area contributed by atoms with Gasteiger partial charge in [-0.1, -0.05) is 0 Å². The molecule has 0 spiro atoms. The number of hydrogen-bond donors (Lipinski definition) is 0. The van der Waals surface area contributed by atoms with Gasteiger partial charge in [0.25, 0.3) is 0 Å². The molecule has 0 aliphatic carbocycles. The third-order valence-corrected chi connectivity index (χ3v) is 1.20. The van der Waals surface area contributed by atoms with E-state index in [0.29, 0.717) is 6.61 Å². The second-order valence-electron chi connectivity index (χ2n) is 2.21. The van der Waals surface area contributed by atoms with Gasteiger partial charge in [-0.25, -0.2) is 9.78 Å². The van der Waals surface area contributed by atoms with Gasteiger partial charge in [-0.15, -0.1) is 0 Å². The first-order chi connectivity index (χ1) is 5.20. The van der Waals surface area contributed by atoms with Crippen LogP contribution in [0.2, 0.25) is 0 Å². The predicted octanol–water partition coefficient (Wildman–Crippen LogP) is 0.962. The molecule has 0 fully saturated rings. The molecule has 0 N–H and O–H groups in total. The maximum absolute atomic E-state index is 5.16. The van der Waals surface area contributed by atoms with E-state index < -0.39 is 0 Å². The molecule has 0 aliphatic rings. The summed E-state index contributed by atoms with van der Waals surface area (Å²) < 4.78 is 10.1. The Balaban J connectivity index is 3.22. The minimum Gasteiger partial charge on any atom is -0.379 e. The standard InChI is InChI=1S/C7H16O4/c1-6(8-3)5-10-7(2)11-9-4/h6-7H,5H2,1-4H3. The van der Waals surface area contributed by atoms with Gasteiger partial charge in [-0.05, 0) is 13.8 Å². The van der Waals surface area contributed by atoms with Crippen molar-refractivity contribution in [2.75, 3.05) is 20.8 Å². The SMILES string of the molecule is COOC(C)OCC(C)OC. The first kappa shape index (κ1) is 10.8. The molecular formula is C7H16O4.